The molecule has 0 aliphatic rings. The molecular weight excluding hydrogens is 360 g/mol. The van der Waals surface area contributed by atoms with Crippen molar-refractivity contribution in [2.75, 3.05) is 5.32 Å². The van der Waals surface area contributed by atoms with Crippen molar-refractivity contribution < 1.29 is 4.79 Å². The first-order valence-corrected chi connectivity index (χ1v) is 8.84. The number of nitriles is 1. The molecule has 1 aromatic heterocycles. The quantitative estimate of drug-likeness (QED) is 0.701. The Labute approximate surface area is 163 Å². The maximum atomic E-state index is 12.7. The van der Waals surface area contributed by atoms with Gasteiger partial charge in [-0.1, -0.05) is 38.4 Å². The van der Waals surface area contributed by atoms with Crippen molar-refractivity contribution in [3.8, 4) is 11.8 Å². The summed E-state index contributed by atoms with van der Waals surface area (Å²) in [6, 6.07) is 17.8. The molecule has 0 saturated heterocycles. The fourth-order valence-electron chi connectivity index (χ4n) is 2.53. The molecule has 1 amide bonds. The molecule has 0 spiro atoms. The number of aromatic nitrogens is 2. The summed E-state index contributed by atoms with van der Waals surface area (Å²) in [5.41, 5.74) is 2.44. The van der Waals surface area contributed by atoms with Gasteiger partial charge in [-0.25, -0.2) is 4.68 Å². The van der Waals surface area contributed by atoms with Gasteiger partial charge in [-0.05, 0) is 42.5 Å². The van der Waals surface area contributed by atoms with Crippen LogP contribution in [0.4, 0.5) is 5.82 Å². The van der Waals surface area contributed by atoms with Gasteiger partial charge in [0.1, 0.15) is 5.82 Å². The topological polar surface area (TPSA) is 70.7 Å². The van der Waals surface area contributed by atoms with Crippen molar-refractivity contribution in [3.63, 3.8) is 0 Å². The summed E-state index contributed by atoms with van der Waals surface area (Å²) in [4.78, 5) is 12.7. The zero-order valence-corrected chi connectivity index (χ0v) is 16.1. The number of nitrogens with one attached hydrogen (secondary N) is 1. The predicted octanol–water partition coefficient (Wildman–Crippen LogP) is 4.95. The minimum Gasteiger partial charge on any atom is -0.306 e. The molecule has 0 aliphatic carbocycles. The second kappa shape index (κ2) is 7.26. The molecule has 1 N–H and O–H groups in total. The van der Waals surface area contributed by atoms with Crippen molar-refractivity contribution in [1.29, 1.82) is 5.26 Å². The second-order valence-electron chi connectivity index (χ2n) is 7.20. The Bertz CT molecular complexity index is 1020. The van der Waals surface area contributed by atoms with Gasteiger partial charge in [0.05, 0.1) is 23.0 Å². The lowest BCUT2D eigenvalue weighted by molar-refractivity contribution is 0.102. The highest BCUT2D eigenvalue weighted by Crippen LogP contribution is 2.27. The SMILES string of the molecule is CC(C)(C)c1cc(NC(=O)c2cccc(Cl)c2)n(-c2ccc(C#N)cc2)n1. The zero-order chi connectivity index (χ0) is 19.6. The maximum Gasteiger partial charge on any atom is 0.256 e. The van der Waals surface area contributed by atoms with Crippen molar-refractivity contribution in [1.82, 2.24) is 9.78 Å². The molecule has 0 radical (unpaired) electrons. The fourth-order valence-corrected chi connectivity index (χ4v) is 2.72. The summed E-state index contributed by atoms with van der Waals surface area (Å²) in [6.07, 6.45) is 0. The van der Waals surface area contributed by atoms with Gasteiger partial charge in [0.2, 0.25) is 0 Å². The first-order chi connectivity index (χ1) is 12.8. The minimum absolute atomic E-state index is 0.187. The van der Waals surface area contributed by atoms with Crippen LogP contribution >= 0.6 is 11.6 Å². The summed E-state index contributed by atoms with van der Waals surface area (Å²) in [7, 11) is 0. The summed E-state index contributed by atoms with van der Waals surface area (Å²) >= 11 is 5.99. The van der Waals surface area contributed by atoms with Crippen LogP contribution in [0.2, 0.25) is 5.02 Å². The van der Waals surface area contributed by atoms with Gasteiger partial charge in [0.15, 0.2) is 0 Å². The van der Waals surface area contributed by atoms with Gasteiger partial charge in [-0.2, -0.15) is 10.4 Å². The smallest absolute Gasteiger partial charge is 0.256 e. The van der Waals surface area contributed by atoms with Crippen LogP contribution in [0.25, 0.3) is 5.69 Å². The standard InChI is InChI=1S/C21H19ClN4O/c1-21(2,3)18-12-19(24-20(27)15-5-4-6-16(22)11-15)26(25-18)17-9-7-14(13-23)8-10-17/h4-12H,1-3H3,(H,24,27). The van der Waals surface area contributed by atoms with Crippen LogP contribution in [0.1, 0.15) is 42.4 Å². The molecule has 6 heteroatoms. The lowest BCUT2D eigenvalue weighted by Gasteiger charge is -2.14. The average Bonchev–Trinajstić information content (AvgIpc) is 3.06. The molecule has 3 rings (SSSR count). The van der Waals surface area contributed by atoms with Crippen LogP contribution in [-0.2, 0) is 5.41 Å². The van der Waals surface area contributed by atoms with E-state index in [0.29, 0.717) is 22.0 Å². The molecule has 2 aromatic carbocycles. The molecule has 27 heavy (non-hydrogen) atoms. The summed E-state index contributed by atoms with van der Waals surface area (Å²) in [6.45, 7) is 6.17. The van der Waals surface area contributed by atoms with E-state index in [1.807, 2.05) is 6.07 Å². The van der Waals surface area contributed by atoms with E-state index < -0.39 is 0 Å². The van der Waals surface area contributed by atoms with Crippen LogP contribution in [0.5, 0.6) is 0 Å². The zero-order valence-electron chi connectivity index (χ0n) is 15.3. The van der Waals surface area contributed by atoms with Crippen LogP contribution in [0.15, 0.2) is 54.6 Å². The Morgan fingerprint density at radius 3 is 2.44 bits per heavy atom. The molecule has 1 heterocycles. The number of hydrogen-bond donors (Lipinski definition) is 1. The number of carbonyl (C=O) groups is 1. The van der Waals surface area contributed by atoms with Crippen LogP contribution in [-0.4, -0.2) is 15.7 Å². The van der Waals surface area contributed by atoms with E-state index in [4.69, 9.17) is 16.9 Å². The normalized spacial score (nSPS) is 11.1. The molecular formula is C21H19ClN4O. The molecule has 0 bridgehead atoms. The van der Waals surface area contributed by atoms with Gasteiger partial charge in [0, 0.05) is 22.1 Å². The monoisotopic (exact) mass is 378 g/mol. The van der Waals surface area contributed by atoms with Gasteiger partial charge in [0.25, 0.3) is 5.91 Å². The Morgan fingerprint density at radius 1 is 1.15 bits per heavy atom. The number of nitrogens with zero attached hydrogens (tertiary/aromatic N) is 3. The van der Waals surface area contributed by atoms with Gasteiger partial charge in [-0.3, -0.25) is 4.79 Å². The predicted molar refractivity (Wildman–Crippen MR) is 106 cm³/mol. The average molecular weight is 379 g/mol. The Balaban J connectivity index is 2.01. The van der Waals surface area contributed by atoms with E-state index in [0.717, 1.165) is 11.4 Å². The molecule has 136 valence electrons. The van der Waals surface area contributed by atoms with E-state index in [1.165, 1.54) is 0 Å². The molecule has 0 unspecified atom stereocenters. The highest BCUT2D eigenvalue weighted by atomic mass is 35.5. The Kier molecular flexibility index (Phi) is 5.02. The number of rotatable bonds is 3. The van der Waals surface area contributed by atoms with Crippen molar-refractivity contribution in [2.24, 2.45) is 0 Å². The Hall–Kier alpha value is -3.10. The number of halogens is 1. The number of carbonyl (C=O) groups excluding carboxylic acids is 1. The fraction of sp³-hybridized carbons (Fsp3) is 0.190. The second-order valence-corrected chi connectivity index (χ2v) is 7.64. The third-order valence-corrected chi connectivity index (χ3v) is 4.28. The van der Waals surface area contributed by atoms with E-state index in [9.17, 15) is 4.79 Å². The number of amides is 1. The van der Waals surface area contributed by atoms with Crippen LogP contribution in [0.3, 0.4) is 0 Å². The van der Waals surface area contributed by atoms with Gasteiger partial charge in [-0.15, -0.1) is 0 Å². The number of anilines is 1. The number of hydrogen-bond acceptors (Lipinski definition) is 3. The van der Waals surface area contributed by atoms with Crippen LogP contribution < -0.4 is 5.32 Å². The first kappa shape index (κ1) is 18.7. The highest BCUT2D eigenvalue weighted by Gasteiger charge is 2.22. The van der Waals surface area contributed by atoms with E-state index in [1.54, 1.807) is 53.2 Å². The molecule has 0 saturated carbocycles. The van der Waals surface area contributed by atoms with E-state index in [-0.39, 0.29) is 11.3 Å². The third-order valence-electron chi connectivity index (χ3n) is 4.05. The molecule has 0 fully saturated rings. The lowest BCUT2D eigenvalue weighted by atomic mass is 9.92. The van der Waals surface area contributed by atoms with Crippen molar-refractivity contribution in [2.45, 2.75) is 26.2 Å². The van der Waals surface area contributed by atoms with Crippen molar-refractivity contribution >= 4 is 23.3 Å². The summed E-state index contributed by atoms with van der Waals surface area (Å²) in [5, 5.41) is 17.1. The van der Waals surface area contributed by atoms with Gasteiger partial charge < -0.3 is 5.32 Å². The molecule has 0 atom stereocenters. The minimum atomic E-state index is -0.271. The van der Waals surface area contributed by atoms with E-state index in [2.05, 4.69) is 37.3 Å². The largest absolute Gasteiger partial charge is 0.306 e. The number of benzene rings is 2. The van der Waals surface area contributed by atoms with E-state index >= 15 is 0 Å². The Morgan fingerprint density at radius 2 is 1.85 bits per heavy atom. The molecule has 3 aromatic rings. The molecule has 0 aliphatic heterocycles. The van der Waals surface area contributed by atoms with Gasteiger partial charge >= 0.3 is 0 Å². The summed E-state index contributed by atoms with van der Waals surface area (Å²) in [5.74, 6) is 0.280. The van der Waals surface area contributed by atoms with Crippen molar-refractivity contribution in [3.05, 3.63) is 76.4 Å². The first-order valence-electron chi connectivity index (χ1n) is 8.46. The lowest BCUT2D eigenvalue weighted by Crippen LogP contribution is -2.15. The highest BCUT2D eigenvalue weighted by molar-refractivity contribution is 6.31. The summed E-state index contributed by atoms with van der Waals surface area (Å²) < 4.78 is 1.67. The third kappa shape index (κ3) is 4.18. The molecule has 5 nitrogen and oxygen atoms in total. The maximum absolute atomic E-state index is 12.7. The van der Waals surface area contributed by atoms with Crippen LogP contribution in [0, 0.1) is 11.3 Å².